The molecule has 0 amide bonds. The molecule has 0 radical (unpaired) electrons. The summed E-state index contributed by atoms with van der Waals surface area (Å²) in [5, 5.41) is 6.42. The number of anilines is 1. The molecule has 1 atom stereocenters. The van der Waals surface area contributed by atoms with Gasteiger partial charge in [-0.15, -0.1) is 36.2 Å². The van der Waals surface area contributed by atoms with Gasteiger partial charge in [-0.1, -0.05) is 23.7 Å². The van der Waals surface area contributed by atoms with Crippen LogP contribution in [0.15, 0.2) is 35.7 Å². The van der Waals surface area contributed by atoms with Crippen LogP contribution in [0.2, 0.25) is 5.02 Å². The Morgan fingerprint density at radius 1 is 1.17 bits per heavy atom. The van der Waals surface area contributed by atoms with Crippen LogP contribution in [0.1, 0.15) is 16.5 Å². The highest BCUT2D eigenvalue weighted by Gasteiger charge is 2.26. The zero-order valence-corrected chi connectivity index (χ0v) is 17.1. The summed E-state index contributed by atoms with van der Waals surface area (Å²) in [5.74, 6) is 0. The first-order chi connectivity index (χ1) is 10.7. The van der Waals surface area contributed by atoms with Crippen LogP contribution in [0.4, 0.5) is 5.69 Å². The molecule has 3 rings (SSSR count). The van der Waals surface area contributed by atoms with Crippen LogP contribution < -0.4 is 10.2 Å². The lowest BCUT2D eigenvalue weighted by atomic mass is 10.0. The Kier molecular flexibility index (Phi) is 8.85. The molecule has 7 heteroatoms. The highest BCUT2D eigenvalue weighted by molar-refractivity contribution is 7.10. The van der Waals surface area contributed by atoms with Crippen LogP contribution in [0.3, 0.4) is 0 Å². The zero-order chi connectivity index (χ0) is 15.5. The molecule has 1 N–H and O–H groups in total. The average Bonchev–Trinajstić information content (AvgIpc) is 3.04. The van der Waals surface area contributed by atoms with E-state index in [9.17, 15) is 0 Å². The third-order valence-corrected chi connectivity index (χ3v) is 5.38. The quantitative estimate of drug-likeness (QED) is 0.813. The Bertz CT molecular complexity index is 614. The minimum atomic E-state index is 0. The minimum absolute atomic E-state index is 0. The van der Waals surface area contributed by atoms with Crippen molar-refractivity contribution in [2.45, 2.75) is 6.04 Å². The Morgan fingerprint density at radius 2 is 1.88 bits per heavy atom. The maximum Gasteiger partial charge on any atom is 0.0711 e. The summed E-state index contributed by atoms with van der Waals surface area (Å²) in [5.41, 5.74) is 2.34. The standard InChI is InChI=1S/C17H22ClN3S.2ClH/c1-20(2)13-5-6-14(15(18)12-13)17(16-4-3-11-22-16)21-9-7-19-8-10-21;;/h3-6,11-12,17,19H,7-10H2,1-2H3;2*1H/t17-;;/m0../s1. The Labute approximate surface area is 165 Å². The van der Waals surface area contributed by atoms with Crippen LogP contribution in [-0.2, 0) is 0 Å². The topological polar surface area (TPSA) is 18.5 Å². The Morgan fingerprint density at radius 3 is 2.42 bits per heavy atom. The summed E-state index contributed by atoms with van der Waals surface area (Å²) in [6.45, 7) is 4.17. The lowest BCUT2D eigenvalue weighted by Crippen LogP contribution is -2.45. The third-order valence-electron chi connectivity index (χ3n) is 4.12. The van der Waals surface area contributed by atoms with Gasteiger partial charge in [-0.05, 0) is 29.1 Å². The number of benzene rings is 1. The maximum atomic E-state index is 6.64. The van der Waals surface area contributed by atoms with Gasteiger partial charge in [0.1, 0.15) is 0 Å². The molecule has 0 spiro atoms. The average molecular weight is 409 g/mol. The zero-order valence-electron chi connectivity index (χ0n) is 13.9. The summed E-state index contributed by atoms with van der Waals surface area (Å²) in [4.78, 5) is 5.97. The van der Waals surface area contributed by atoms with E-state index in [0.717, 1.165) is 36.9 Å². The monoisotopic (exact) mass is 407 g/mol. The fourth-order valence-electron chi connectivity index (χ4n) is 2.93. The molecule has 1 saturated heterocycles. The number of piperazine rings is 1. The van der Waals surface area contributed by atoms with Crippen LogP contribution in [0, 0.1) is 0 Å². The first-order valence-corrected chi connectivity index (χ1v) is 8.87. The molecular weight excluding hydrogens is 385 g/mol. The van der Waals surface area contributed by atoms with E-state index >= 15 is 0 Å². The van der Waals surface area contributed by atoms with E-state index in [4.69, 9.17) is 11.6 Å². The molecule has 3 nitrogen and oxygen atoms in total. The van der Waals surface area contributed by atoms with Gasteiger partial charge in [-0.25, -0.2) is 0 Å². The smallest absolute Gasteiger partial charge is 0.0711 e. The van der Waals surface area contributed by atoms with Gasteiger partial charge in [0.15, 0.2) is 0 Å². The number of thiophene rings is 1. The summed E-state index contributed by atoms with van der Waals surface area (Å²) in [6, 6.07) is 11.0. The normalized spacial score (nSPS) is 16.0. The van der Waals surface area contributed by atoms with Gasteiger partial charge >= 0.3 is 0 Å². The molecule has 0 bridgehead atoms. The molecule has 1 aliphatic rings. The number of rotatable bonds is 4. The predicted octanol–water partition coefficient (Wildman–Crippen LogP) is 4.31. The van der Waals surface area contributed by atoms with Gasteiger partial charge in [0.25, 0.3) is 0 Å². The molecule has 2 heterocycles. The number of nitrogens with one attached hydrogen (secondary N) is 1. The summed E-state index contributed by atoms with van der Waals surface area (Å²) < 4.78 is 0. The van der Waals surface area contributed by atoms with E-state index in [1.54, 1.807) is 0 Å². The first kappa shape index (κ1) is 21.6. The first-order valence-electron chi connectivity index (χ1n) is 7.62. The highest BCUT2D eigenvalue weighted by Crippen LogP contribution is 2.37. The molecule has 2 aromatic rings. The molecule has 0 aliphatic carbocycles. The van der Waals surface area contributed by atoms with Crippen LogP contribution in [0.25, 0.3) is 0 Å². The molecule has 1 aromatic carbocycles. The van der Waals surface area contributed by atoms with Gasteiger partial charge in [0.05, 0.1) is 6.04 Å². The van der Waals surface area contributed by atoms with Crippen molar-refractivity contribution >= 4 is 53.4 Å². The van der Waals surface area contributed by atoms with Crippen molar-refractivity contribution in [1.82, 2.24) is 10.2 Å². The van der Waals surface area contributed by atoms with Crippen LogP contribution >= 0.6 is 47.8 Å². The lowest BCUT2D eigenvalue weighted by Gasteiger charge is -2.35. The molecule has 1 aromatic heterocycles. The van der Waals surface area contributed by atoms with Crippen LogP contribution in [-0.4, -0.2) is 45.2 Å². The SMILES string of the molecule is CN(C)c1ccc([C@@H](c2cccs2)N2CCNCC2)c(Cl)c1.Cl.Cl. The number of halogens is 3. The number of nitrogens with zero attached hydrogens (tertiary/aromatic N) is 2. The predicted molar refractivity (Wildman–Crippen MR) is 111 cm³/mol. The molecule has 134 valence electrons. The fourth-order valence-corrected chi connectivity index (χ4v) is 4.09. The molecule has 0 saturated carbocycles. The largest absolute Gasteiger partial charge is 0.378 e. The van der Waals surface area contributed by atoms with Crippen molar-refractivity contribution in [1.29, 1.82) is 0 Å². The van der Waals surface area contributed by atoms with Crippen molar-refractivity contribution in [3.8, 4) is 0 Å². The molecule has 24 heavy (non-hydrogen) atoms. The minimum Gasteiger partial charge on any atom is -0.378 e. The van der Waals surface area contributed by atoms with E-state index in [-0.39, 0.29) is 30.9 Å². The van der Waals surface area contributed by atoms with E-state index < -0.39 is 0 Å². The second-order valence-corrected chi connectivity index (χ2v) is 7.19. The molecule has 1 aliphatic heterocycles. The molecule has 1 fully saturated rings. The van der Waals surface area contributed by atoms with E-state index in [1.807, 2.05) is 25.4 Å². The second-order valence-electron chi connectivity index (χ2n) is 5.80. The van der Waals surface area contributed by atoms with E-state index in [1.165, 1.54) is 10.4 Å². The van der Waals surface area contributed by atoms with Gasteiger partial charge < -0.3 is 10.2 Å². The highest BCUT2D eigenvalue weighted by atomic mass is 35.5. The third kappa shape index (κ3) is 4.78. The van der Waals surface area contributed by atoms with Gasteiger partial charge in [0.2, 0.25) is 0 Å². The van der Waals surface area contributed by atoms with E-state index in [2.05, 4.69) is 50.8 Å². The summed E-state index contributed by atoms with van der Waals surface area (Å²) in [7, 11) is 4.08. The lowest BCUT2D eigenvalue weighted by molar-refractivity contribution is 0.201. The van der Waals surface area contributed by atoms with Crippen LogP contribution in [0.5, 0.6) is 0 Å². The number of hydrogen-bond donors (Lipinski definition) is 1. The Balaban J connectivity index is 0.00000144. The van der Waals surface area contributed by atoms with Gasteiger partial charge in [-0.2, -0.15) is 0 Å². The van der Waals surface area contributed by atoms with Crippen molar-refractivity contribution in [2.75, 3.05) is 45.2 Å². The van der Waals surface area contributed by atoms with Gasteiger partial charge in [-0.3, -0.25) is 4.90 Å². The fraction of sp³-hybridized carbons (Fsp3) is 0.412. The van der Waals surface area contributed by atoms with Crippen molar-refractivity contribution in [3.05, 3.63) is 51.2 Å². The second kappa shape index (κ2) is 9.85. The van der Waals surface area contributed by atoms with Crippen molar-refractivity contribution in [2.24, 2.45) is 0 Å². The summed E-state index contributed by atoms with van der Waals surface area (Å²) >= 11 is 8.45. The molecular formula is C17H24Cl3N3S. The Hall–Kier alpha value is -0.490. The number of hydrogen-bond acceptors (Lipinski definition) is 4. The van der Waals surface area contributed by atoms with E-state index in [0.29, 0.717) is 0 Å². The molecule has 0 unspecified atom stereocenters. The van der Waals surface area contributed by atoms with Crippen molar-refractivity contribution in [3.63, 3.8) is 0 Å². The maximum absolute atomic E-state index is 6.64. The summed E-state index contributed by atoms with van der Waals surface area (Å²) in [6.07, 6.45) is 0. The van der Waals surface area contributed by atoms with Crippen molar-refractivity contribution < 1.29 is 0 Å². The van der Waals surface area contributed by atoms with Gasteiger partial charge in [0, 0.05) is 55.9 Å².